The molecule has 4 nitrogen and oxygen atoms in total. The first-order valence-electron chi connectivity index (χ1n) is 17.5. The van der Waals surface area contributed by atoms with Gasteiger partial charge >= 0.3 is 0 Å². The van der Waals surface area contributed by atoms with E-state index < -0.39 is 0 Å². The van der Waals surface area contributed by atoms with E-state index in [4.69, 9.17) is 21.6 Å². The van der Waals surface area contributed by atoms with Crippen molar-refractivity contribution in [2.75, 3.05) is 6.61 Å². The molecule has 9 atom stereocenters. The van der Waals surface area contributed by atoms with Crippen molar-refractivity contribution < 1.29 is 9.42 Å². The Morgan fingerprint density at radius 3 is 2.47 bits per heavy atom. The van der Waals surface area contributed by atoms with Crippen molar-refractivity contribution in [3.63, 3.8) is 0 Å². The Morgan fingerprint density at radius 2 is 1.70 bits per heavy atom. The Bertz CT molecular complexity index is 1480. The smallest absolute Gasteiger partial charge is 0.177 e. The molecule has 43 heavy (non-hydrogen) atoms. The fourth-order valence-corrected chi connectivity index (χ4v) is 13.9. The molecule has 1 saturated heterocycles. The first kappa shape index (κ1) is 29.0. The van der Waals surface area contributed by atoms with Crippen LogP contribution < -0.4 is 4.68 Å². The number of benzene rings is 1. The maximum Gasteiger partial charge on any atom is 0.177 e. The predicted molar refractivity (Wildman–Crippen MR) is 172 cm³/mol. The maximum absolute atomic E-state index is 6.81. The van der Waals surface area contributed by atoms with E-state index in [2.05, 4.69) is 83.1 Å². The van der Waals surface area contributed by atoms with Gasteiger partial charge in [-0.3, -0.25) is 0 Å². The van der Waals surface area contributed by atoms with Crippen molar-refractivity contribution in [3.8, 4) is 0 Å². The molecule has 2 heterocycles. The van der Waals surface area contributed by atoms with Gasteiger partial charge in [0.25, 0.3) is 0 Å². The van der Waals surface area contributed by atoms with Gasteiger partial charge < -0.3 is 4.74 Å². The van der Waals surface area contributed by atoms with Crippen molar-refractivity contribution in [2.45, 2.75) is 124 Å². The first-order valence-corrected chi connectivity index (χ1v) is 17.9. The van der Waals surface area contributed by atoms with Gasteiger partial charge in [-0.25, -0.2) is 0 Å². The molecular weight excluding hydrogens is 550 g/mol. The Hall–Kier alpha value is -1.39. The predicted octanol–water partition coefficient (Wildman–Crippen LogP) is 8.31. The van der Waals surface area contributed by atoms with Gasteiger partial charge in [-0.2, -0.15) is 0 Å². The zero-order valence-electron chi connectivity index (χ0n) is 28.1. The normalized spacial score (nSPS) is 45.4. The minimum atomic E-state index is 0.0607. The molecule has 1 aliphatic heterocycles. The van der Waals surface area contributed by atoms with Crippen LogP contribution in [0, 0.1) is 50.7 Å². The highest BCUT2D eigenvalue weighted by Gasteiger charge is 2.73. The summed E-state index contributed by atoms with van der Waals surface area (Å²) in [6, 6.07) is 8.31. The lowest BCUT2D eigenvalue weighted by molar-refractivity contribution is -0.757. The number of fused-ring (bicyclic) bond motifs is 6. The Balaban J connectivity index is 1.17. The van der Waals surface area contributed by atoms with Crippen LogP contribution in [0.1, 0.15) is 117 Å². The molecule has 8 rings (SSSR count). The van der Waals surface area contributed by atoms with Crippen molar-refractivity contribution in [1.82, 2.24) is 9.90 Å². The summed E-state index contributed by atoms with van der Waals surface area (Å²) in [6.45, 7) is 20.2. The highest BCUT2D eigenvalue weighted by atomic mass is 35.5. The van der Waals surface area contributed by atoms with E-state index in [0.717, 1.165) is 42.3 Å². The van der Waals surface area contributed by atoms with Gasteiger partial charge in [0.05, 0.1) is 17.9 Å². The summed E-state index contributed by atoms with van der Waals surface area (Å²) in [6.07, 6.45) is 12.6. The molecule has 0 unspecified atom stereocenters. The summed E-state index contributed by atoms with van der Waals surface area (Å²) in [4.78, 5) is 0. The monoisotopic (exact) mass is 604 g/mol. The van der Waals surface area contributed by atoms with Crippen LogP contribution in [0.4, 0.5) is 0 Å². The van der Waals surface area contributed by atoms with Gasteiger partial charge in [0.1, 0.15) is 13.6 Å². The molecule has 1 aromatic heterocycles. The van der Waals surface area contributed by atoms with Crippen LogP contribution in [-0.4, -0.2) is 22.6 Å². The summed E-state index contributed by atoms with van der Waals surface area (Å²) in [7, 11) is 2.19. The number of nitrogens with zero attached hydrogens (tertiary/aromatic N) is 3. The fourth-order valence-electron chi connectivity index (χ4n) is 13.7. The van der Waals surface area contributed by atoms with Gasteiger partial charge in [0, 0.05) is 16.9 Å². The minimum Gasteiger partial charge on any atom is -0.377 e. The topological polar surface area (TPSA) is 30.9 Å². The highest BCUT2D eigenvalue weighted by molar-refractivity contribution is 6.30. The molecule has 4 saturated carbocycles. The summed E-state index contributed by atoms with van der Waals surface area (Å²) in [5.41, 5.74) is 6.01. The van der Waals surface area contributed by atoms with Crippen LogP contribution in [0.25, 0.3) is 0 Å². The van der Waals surface area contributed by atoms with Crippen molar-refractivity contribution in [1.29, 1.82) is 0 Å². The summed E-state index contributed by atoms with van der Waals surface area (Å²) in [5.74, 6) is 2.96. The van der Waals surface area contributed by atoms with E-state index in [1.54, 1.807) is 0 Å². The Morgan fingerprint density at radius 1 is 0.930 bits per heavy atom. The minimum absolute atomic E-state index is 0.0607. The van der Waals surface area contributed by atoms with Crippen LogP contribution >= 0.6 is 11.6 Å². The Kier molecular flexibility index (Phi) is 6.01. The average Bonchev–Trinajstić information content (AvgIpc) is 3.42. The highest BCUT2D eigenvalue weighted by Crippen LogP contribution is 2.77. The van der Waals surface area contributed by atoms with Gasteiger partial charge in [0.15, 0.2) is 11.4 Å². The molecule has 0 N–H and O–H groups in total. The zero-order chi connectivity index (χ0) is 30.4. The van der Waals surface area contributed by atoms with Crippen LogP contribution in [0.15, 0.2) is 24.3 Å². The molecule has 0 spiro atoms. The Labute approximate surface area is 265 Å². The lowest BCUT2D eigenvalue weighted by atomic mass is 9.31. The van der Waals surface area contributed by atoms with Crippen LogP contribution in [0.5, 0.6) is 0 Å². The second kappa shape index (κ2) is 8.90. The zero-order valence-corrected chi connectivity index (χ0v) is 28.9. The molecule has 2 bridgehead atoms. The van der Waals surface area contributed by atoms with Gasteiger partial charge in [-0.15, -0.1) is 9.36 Å². The molecular formula is C38H55ClN3O+. The molecule has 234 valence electrons. The van der Waals surface area contributed by atoms with Gasteiger partial charge in [-0.05, 0) is 120 Å². The number of rotatable bonds is 2. The molecule has 5 fully saturated rings. The van der Waals surface area contributed by atoms with Gasteiger partial charge in [0.2, 0.25) is 0 Å². The second-order valence-electron chi connectivity index (χ2n) is 18.3. The number of ether oxygens (including phenoxy) is 1. The van der Waals surface area contributed by atoms with Crippen molar-refractivity contribution in [2.24, 2.45) is 57.8 Å². The van der Waals surface area contributed by atoms with E-state index in [-0.39, 0.29) is 10.8 Å². The molecule has 5 aliphatic carbocycles. The third-order valence-electron chi connectivity index (χ3n) is 15.8. The standard InChI is InChI=1S/C38H55ClN3O/c1-33(2)16-18-38-19-17-36(6)26(30(38)32(33)43-23-38)12-13-29-35(5)21-27-31(34(3,4)28(35)14-15-37(29,36)7)42(40-41(27)8)22-24-10-9-11-25(39)20-24/h9-11,20,26,28-30,32H,12-19,21-23H2,1-8H3/q+1/t26-,28+,29-,30+,32-,35+,36-,37-,38-/m1/s1. The number of aryl methyl sites for hydroxylation is 1. The van der Waals surface area contributed by atoms with E-state index in [0.29, 0.717) is 33.7 Å². The molecule has 2 aromatic rings. The lowest BCUT2D eigenvalue weighted by Crippen LogP contribution is -2.68. The number of aromatic nitrogens is 3. The molecule has 6 aliphatic rings. The third-order valence-corrected chi connectivity index (χ3v) is 16.1. The molecule has 0 amide bonds. The largest absolute Gasteiger partial charge is 0.377 e. The summed E-state index contributed by atoms with van der Waals surface area (Å²) >= 11 is 6.39. The lowest BCUT2D eigenvalue weighted by Gasteiger charge is -2.72. The number of hydrogen-bond acceptors (Lipinski definition) is 2. The average molecular weight is 605 g/mol. The number of hydrogen-bond donors (Lipinski definition) is 0. The quantitative estimate of drug-likeness (QED) is 0.323. The fraction of sp³-hybridized carbons (Fsp3) is 0.789. The number of halogens is 1. The molecule has 0 radical (unpaired) electrons. The van der Waals surface area contributed by atoms with Crippen LogP contribution in [-0.2, 0) is 30.2 Å². The first-order chi connectivity index (χ1) is 20.2. The van der Waals surface area contributed by atoms with Crippen molar-refractivity contribution >= 4 is 11.6 Å². The van der Waals surface area contributed by atoms with E-state index >= 15 is 0 Å². The van der Waals surface area contributed by atoms with Crippen LogP contribution in [0.2, 0.25) is 5.02 Å². The van der Waals surface area contributed by atoms with E-state index in [1.807, 2.05) is 6.07 Å². The van der Waals surface area contributed by atoms with E-state index in [9.17, 15) is 0 Å². The third kappa shape index (κ3) is 3.60. The maximum atomic E-state index is 6.81. The summed E-state index contributed by atoms with van der Waals surface area (Å²) < 4.78 is 11.4. The van der Waals surface area contributed by atoms with Crippen molar-refractivity contribution in [3.05, 3.63) is 46.2 Å². The van der Waals surface area contributed by atoms with Gasteiger partial charge in [-0.1, -0.05) is 72.2 Å². The SMILES string of the molecule is Cn1n[n+](Cc2cccc(Cl)c2)c2c1C[C@]1(C)[C@H]3CC[C@@H]4[C@H]5[C@H]6OC[C@@]5(CCC6(C)C)CC[C@@]4(C)[C@]3(C)CC[C@H]1C2(C)C. The second-order valence-corrected chi connectivity index (χ2v) is 18.7. The van der Waals surface area contributed by atoms with E-state index in [1.165, 1.54) is 68.3 Å². The summed E-state index contributed by atoms with van der Waals surface area (Å²) in [5, 5.41) is 5.96. The van der Waals surface area contributed by atoms with Crippen LogP contribution in [0.3, 0.4) is 0 Å². The molecule has 1 aromatic carbocycles. The molecule has 5 heteroatoms.